The van der Waals surface area contributed by atoms with E-state index >= 15 is 0 Å². The van der Waals surface area contributed by atoms with Gasteiger partial charge in [-0.15, -0.1) is 0 Å². The Labute approximate surface area is 136 Å². The van der Waals surface area contributed by atoms with E-state index in [4.69, 9.17) is 14.2 Å². The fraction of sp³-hybridized carbons (Fsp3) is 0.647. The molecule has 0 aromatic heterocycles. The molecule has 1 aromatic rings. The van der Waals surface area contributed by atoms with Crippen molar-refractivity contribution in [3.05, 3.63) is 30.3 Å². The average molecular weight is 338 g/mol. The Bertz CT molecular complexity index is 676. The number of hydrogen-bond acceptors (Lipinski definition) is 5. The van der Waals surface area contributed by atoms with Crippen molar-refractivity contribution >= 4 is 9.84 Å². The van der Waals surface area contributed by atoms with E-state index < -0.39 is 21.2 Å². The summed E-state index contributed by atoms with van der Waals surface area (Å²) in [6.07, 6.45) is 1.93. The van der Waals surface area contributed by atoms with Crippen LogP contribution in [0.5, 0.6) is 0 Å². The molecular weight excluding hydrogens is 316 g/mol. The minimum Gasteiger partial charge on any atom is -0.370 e. The zero-order valence-corrected chi connectivity index (χ0v) is 14.1. The molecule has 23 heavy (non-hydrogen) atoms. The molecule has 3 heterocycles. The molecule has 5 nitrogen and oxygen atoms in total. The van der Waals surface area contributed by atoms with Gasteiger partial charge in [-0.3, -0.25) is 0 Å². The summed E-state index contributed by atoms with van der Waals surface area (Å²) >= 11 is 0. The maximum atomic E-state index is 12.8. The van der Waals surface area contributed by atoms with Crippen LogP contribution in [0.2, 0.25) is 0 Å². The molecule has 1 aromatic carbocycles. The van der Waals surface area contributed by atoms with Gasteiger partial charge in [-0.2, -0.15) is 0 Å². The molecule has 0 unspecified atom stereocenters. The first-order chi connectivity index (χ1) is 10.9. The van der Waals surface area contributed by atoms with Gasteiger partial charge < -0.3 is 14.2 Å². The highest BCUT2D eigenvalue weighted by atomic mass is 32.2. The normalized spacial score (nSPS) is 35.7. The van der Waals surface area contributed by atoms with E-state index in [1.165, 1.54) is 0 Å². The van der Waals surface area contributed by atoms with Gasteiger partial charge in [0.1, 0.15) is 0 Å². The van der Waals surface area contributed by atoms with Crippen molar-refractivity contribution in [2.45, 2.75) is 48.6 Å². The fourth-order valence-corrected chi connectivity index (χ4v) is 6.07. The summed E-state index contributed by atoms with van der Waals surface area (Å²) in [5, 5.41) is 0. The third kappa shape index (κ3) is 2.71. The standard InChI is InChI=1S/C17H22O5S/c1-13-9-16(12-23(18,19)14-5-3-2-4-6-14)11-17(10-15(13)22-16)20-7-8-21-17/h2-6,13,15H,7-12H2,1H3/t13-,15+,16+/m1/s1. The quantitative estimate of drug-likeness (QED) is 0.845. The van der Waals surface area contributed by atoms with Crippen molar-refractivity contribution in [3.8, 4) is 0 Å². The lowest BCUT2D eigenvalue weighted by Gasteiger charge is -2.42. The minimum atomic E-state index is -3.41. The van der Waals surface area contributed by atoms with E-state index in [0.717, 1.165) is 6.42 Å². The maximum Gasteiger partial charge on any atom is 0.181 e. The first kappa shape index (κ1) is 15.6. The predicted octanol–water partition coefficient (Wildman–Crippen LogP) is 2.16. The molecule has 3 fully saturated rings. The van der Waals surface area contributed by atoms with Crippen LogP contribution in [-0.2, 0) is 24.0 Å². The smallest absolute Gasteiger partial charge is 0.181 e. The van der Waals surface area contributed by atoms with Crippen LogP contribution in [0, 0.1) is 5.92 Å². The molecule has 126 valence electrons. The van der Waals surface area contributed by atoms with Gasteiger partial charge in [0.25, 0.3) is 0 Å². The number of sulfone groups is 1. The molecule has 4 rings (SSSR count). The van der Waals surface area contributed by atoms with E-state index in [2.05, 4.69) is 6.92 Å². The topological polar surface area (TPSA) is 61.8 Å². The summed E-state index contributed by atoms with van der Waals surface area (Å²) in [5.74, 6) is -0.354. The van der Waals surface area contributed by atoms with Gasteiger partial charge in [-0.05, 0) is 24.5 Å². The number of benzene rings is 1. The zero-order chi connectivity index (χ0) is 16.1. The van der Waals surface area contributed by atoms with Gasteiger partial charge in [-0.25, -0.2) is 8.42 Å². The number of rotatable bonds is 3. The highest BCUT2D eigenvalue weighted by Gasteiger charge is 2.59. The second-order valence-electron chi connectivity index (χ2n) is 7.08. The van der Waals surface area contributed by atoms with Gasteiger partial charge in [0, 0.05) is 12.8 Å². The largest absolute Gasteiger partial charge is 0.370 e. The Kier molecular flexibility index (Phi) is 3.57. The molecule has 3 saturated heterocycles. The van der Waals surface area contributed by atoms with Gasteiger partial charge in [-0.1, -0.05) is 25.1 Å². The van der Waals surface area contributed by atoms with Gasteiger partial charge in [0.2, 0.25) is 0 Å². The maximum absolute atomic E-state index is 12.8. The summed E-state index contributed by atoms with van der Waals surface area (Å²) < 4.78 is 43.6. The molecule has 0 saturated carbocycles. The lowest BCUT2D eigenvalue weighted by Crippen LogP contribution is -2.51. The molecule has 0 amide bonds. The van der Waals surface area contributed by atoms with Gasteiger partial charge in [0.05, 0.1) is 35.6 Å². The SMILES string of the molecule is C[C@@H]1C[C@@]2(CS(=O)(=O)c3ccccc3)CC3(C[C@@H]1O2)OCCO3. The molecule has 3 aliphatic rings. The summed E-state index contributed by atoms with van der Waals surface area (Å²) in [6.45, 7) is 3.26. The van der Waals surface area contributed by atoms with E-state index in [0.29, 0.717) is 36.9 Å². The minimum absolute atomic E-state index is 0.00724. The highest BCUT2D eigenvalue weighted by molar-refractivity contribution is 7.91. The molecule has 0 aliphatic carbocycles. The Morgan fingerprint density at radius 1 is 1.13 bits per heavy atom. The molecule has 2 bridgehead atoms. The Morgan fingerprint density at radius 3 is 2.52 bits per heavy atom. The summed E-state index contributed by atoms with van der Waals surface area (Å²) in [4.78, 5) is 0.349. The third-order valence-electron chi connectivity index (χ3n) is 5.20. The highest BCUT2D eigenvalue weighted by Crippen LogP contribution is 2.52. The molecule has 1 spiro atoms. The van der Waals surface area contributed by atoms with Crippen LogP contribution in [0.1, 0.15) is 26.2 Å². The summed E-state index contributed by atoms with van der Waals surface area (Å²) in [5.41, 5.74) is -0.707. The Morgan fingerprint density at radius 2 is 1.83 bits per heavy atom. The Balaban J connectivity index is 1.64. The monoisotopic (exact) mass is 338 g/mol. The van der Waals surface area contributed by atoms with E-state index in [1.807, 2.05) is 6.07 Å². The molecule has 0 N–H and O–H groups in total. The van der Waals surface area contributed by atoms with Crippen LogP contribution < -0.4 is 0 Å². The van der Waals surface area contributed by atoms with Crippen molar-refractivity contribution in [2.24, 2.45) is 5.92 Å². The van der Waals surface area contributed by atoms with Crippen LogP contribution in [0.25, 0.3) is 0 Å². The molecular formula is C17H22O5S. The summed E-state index contributed by atoms with van der Waals surface area (Å²) in [7, 11) is -3.41. The fourth-order valence-electron chi connectivity index (χ4n) is 4.35. The van der Waals surface area contributed by atoms with Crippen LogP contribution in [0.4, 0.5) is 0 Å². The van der Waals surface area contributed by atoms with Crippen LogP contribution >= 0.6 is 0 Å². The van der Waals surface area contributed by atoms with Gasteiger partial charge >= 0.3 is 0 Å². The van der Waals surface area contributed by atoms with Crippen LogP contribution in [-0.4, -0.2) is 44.9 Å². The van der Waals surface area contributed by atoms with Crippen molar-refractivity contribution in [1.29, 1.82) is 0 Å². The van der Waals surface area contributed by atoms with E-state index in [1.54, 1.807) is 24.3 Å². The predicted molar refractivity (Wildman–Crippen MR) is 83.7 cm³/mol. The molecule has 3 atom stereocenters. The average Bonchev–Trinajstić information content (AvgIpc) is 3.02. The van der Waals surface area contributed by atoms with Crippen molar-refractivity contribution in [2.75, 3.05) is 19.0 Å². The van der Waals surface area contributed by atoms with Crippen LogP contribution in [0.3, 0.4) is 0 Å². The number of hydrogen-bond donors (Lipinski definition) is 0. The van der Waals surface area contributed by atoms with Crippen molar-refractivity contribution < 1.29 is 22.6 Å². The first-order valence-electron chi connectivity index (χ1n) is 8.16. The molecule has 0 radical (unpaired) electrons. The van der Waals surface area contributed by atoms with E-state index in [9.17, 15) is 8.42 Å². The lowest BCUT2D eigenvalue weighted by molar-refractivity contribution is -0.247. The van der Waals surface area contributed by atoms with Crippen molar-refractivity contribution in [3.63, 3.8) is 0 Å². The van der Waals surface area contributed by atoms with Crippen LogP contribution in [0.15, 0.2) is 35.2 Å². The summed E-state index contributed by atoms with van der Waals surface area (Å²) in [6, 6.07) is 8.59. The third-order valence-corrected chi connectivity index (χ3v) is 7.10. The second kappa shape index (κ2) is 5.28. The Hall–Kier alpha value is -0.950. The van der Waals surface area contributed by atoms with Gasteiger partial charge in [0.15, 0.2) is 15.6 Å². The second-order valence-corrected chi connectivity index (χ2v) is 9.07. The van der Waals surface area contributed by atoms with Crippen molar-refractivity contribution in [1.82, 2.24) is 0 Å². The number of ether oxygens (including phenoxy) is 3. The van der Waals surface area contributed by atoms with E-state index in [-0.39, 0.29) is 11.9 Å². The molecule has 6 heteroatoms. The lowest BCUT2D eigenvalue weighted by atomic mass is 9.92. The first-order valence-corrected chi connectivity index (χ1v) is 9.81. The molecule has 3 aliphatic heterocycles. The zero-order valence-electron chi connectivity index (χ0n) is 13.2. The number of fused-ring (bicyclic) bond motifs is 2.